The molecule has 0 saturated carbocycles. The van der Waals surface area contributed by atoms with Gasteiger partial charge in [0.1, 0.15) is 0 Å². The zero-order chi connectivity index (χ0) is 16.1. The zero-order valence-corrected chi connectivity index (χ0v) is 14.2. The summed E-state index contributed by atoms with van der Waals surface area (Å²) in [5, 5.41) is 13.0. The number of hydrogen-bond donors (Lipinski definition) is 4. The fourth-order valence-corrected chi connectivity index (χ4v) is 2.87. The number of thiocarbonyl (C=S) groups is 1. The first-order chi connectivity index (χ1) is 10.7. The second-order valence-corrected chi connectivity index (χ2v) is 5.20. The second-order valence-electron chi connectivity index (χ2n) is 4.79. The molecule has 0 aliphatic heterocycles. The van der Waals surface area contributed by atoms with Gasteiger partial charge in [-0.15, -0.1) is 0 Å². The molecular formula is C17H22N4S. The monoisotopic (exact) mass is 314 g/mol. The Morgan fingerprint density at radius 1 is 0.773 bits per heavy atom. The molecule has 0 aliphatic carbocycles. The van der Waals surface area contributed by atoms with Gasteiger partial charge in [0, 0.05) is 33.8 Å². The molecule has 0 spiro atoms. The number of benzene rings is 2. The van der Waals surface area contributed by atoms with Gasteiger partial charge >= 0.3 is 0 Å². The standard InChI is InChI=1S/C17H22N4S/c1-18-13-10-12(17(22)11-8-6-5-7-9-11)14(19-2)16(21-4)15(13)20-3/h5-10,18-21H,1-4H3. The highest BCUT2D eigenvalue weighted by atomic mass is 32.1. The van der Waals surface area contributed by atoms with Crippen molar-refractivity contribution < 1.29 is 0 Å². The molecule has 0 bridgehead atoms. The third-order valence-electron chi connectivity index (χ3n) is 3.63. The van der Waals surface area contributed by atoms with Crippen molar-refractivity contribution >= 4 is 39.8 Å². The average molecular weight is 314 g/mol. The molecule has 0 unspecified atom stereocenters. The fourth-order valence-electron chi connectivity index (χ4n) is 2.57. The maximum absolute atomic E-state index is 5.72. The highest BCUT2D eigenvalue weighted by Crippen LogP contribution is 2.40. The number of nitrogens with one attached hydrogen (secondary N) is 4. The van der Waals surface area contributed by atoms with Crippen molar-refractivity contribution in [1.29, 1.82) is 0 Å². The van der Waals surface area contributed by atoms with Gasteiger partial charge in [0.2, 0.25) is 0 Å². The van der Waals surface area contributed by atoms with Crippen molar-refractivity contribution in [2.24, 2.45) is 0 Å². The molecular weight excluding hydrogens is 292 g/mol. The molecule has 0 aliphatic rings. The molecule has 0 radical (unpaired) electrons. The van der Waals surface area contributed by atoms with Gasteiger partial charge in [0.25, 0.3) is 0 Å². The molecule has 0 saturated heterocycles. The van der Waals surface area contributed by atoms with Crippen molar-refractivity contribution in [3.8, 4) is 0 Å². The van der Waals surface area contributed by atoms with E-state index in [-0.39, 0.29) is 0 Å². The number of hydrogen-bond acceptors (Lipinski definition) is 5. The van der Waals surface area contributed by atoms with Crippen LogP contribution < -0.4 is 21.3 Å². The number of anilines is 4. The minimum Gasteiger partial charge on any atom is -0.386 e. The van der Waals surface area contributed by atoms with Crippen LogP contribution in [-0.2, 0) is 0 Å². The van der Waals surface area contributed by atoms with Crippen molar-refractivity contribution in [1.82, 2.24) is 0 Å². The summed E-state index contributed by atoms with van der Waals surface area (Å²) in [4.78, 5) is 0.820. The summed E-state index contributed by atoms with van der Waals surface area (Å²) in [6.45, 7) is 0. The Labute approximate surface area is 137 Å². The maximum atomic E-state index is 5.72. The van der Waals surface area contributed by atoms with E-state index < -0.39 is 0 Å². The van der Waals surface area contributed by atoms with Crippen LogP contribution in [-0.4, -0.2) is 33.1 Å². The summed E-state index contributed by atoms with van der Waals surface area (Å²) in [6.07, 6.45) is 0. The smallest absolute Gasteiger partial charge is 0.0837 e. The van der Waals surface area contributed by atoms with Crippen LogP contribution in [0.2, 0.25) is 0 Å². The lowest BCUT2D eigenvalue weighted by Gasteiger charge is -2.22. The van der Waals surface area contributed by atoms with E-state index in [0.29, 0.717) is 0 Å². The molecule has 5 heteroatoms. The van der Waals surface area contributed by atoms with E-state index in [0.717, 1.165) is 38.7 Å². The Morgan fingerprint density at radius 3 is 1.86 bits per heavy atom. The molecule has 2 aromatic rings. The van der Waals surface area contributed by atoms with Crippen LogP contribution in [0.25, 0.3) is 0 Å². The molecule has 0 fully saturated rings. The van der Waals surface area contributed by atoms with Gasteiger partial charge in [0.15, 0.2) is 0 Å². The Morgan fingerprint density at radius 2 is 1.36 bits per heavy atom. The Bertz CT molecular complexity index is 668. The van der Waals surface area contributed by atoms with Crippen molar-refractivity contribution in [2.45, 2.75) is 0 Å². The van der Waals surface area contributed by atoms with E-state index in [2.05, 4.69) is 27.3 Å². The van der Waals surface area contributed by atoms with E-state index in [1.165, 1.54) is 0 Å². The highest BCUT2D eigenvalue weighted by Gasteiger charge is 2.18. The molecule has 4 N–H and O–H groups in total. The summed E-state index contributed by atoms with van der Waals surface area (Å²) in [5.41, 5.74) is 6.02. The summed E-state index contributed by atoms with van der Waals surface area (Å²) in [6, 6.07) is 12.1. The Balaban J connectivity index is 2.67. The van der Waals surface area contributed by atoms with E-state index in [1.54, 1.807) is 0 Å². The molecule has 116 valence electrons. The molecule has 22 heavy (non-hydrogen) atoms. The van der Waals surface area contributed by atoms with Gasteiger partial charge in [-0.3, -0.25) is 0 Å². The molecule has 2 rings (SSSR count). The lowest BCUT2D eigenvalue weighted by Crippen LogP contribution is -2.11. The van der Waals surface area contributed by atoms with Crippen LogP contribution in [0.15, 0.2) is 36.4 Å². The highest BCUT2D eigenvalue weighted by molar-refractivity contribution is 7.81. The molecule has 0 atom stereocenters. The van der Waals surface area contributed by atoms with Gasteiger partial charge in [0.05, 0.1) is 27.6 Å². The number of rotatable bonds is 6. The van der Waals surface area contributed by atoms with Gasteiger partial charge in [-0.05, 0) is 11.6 Å². The molecule has 4 nitrogen and oxygen atoms in total. The van der Waals surface area contributed by atoms with E-state index in [1.807, 2.05) is 58.5 Å². The van der Waals surface area contributed by atoms with Crippen LogP contribution >= 0.6 is 12.2 Å². The van der Waals surface area contributed by atoms with Crippen LogP contribution in [0.5, 0.6) is 0 Å². The van der Waals surface area contributed by atoms with E-state index >= 15 is 0 Å². The Kier molecular flexibility index (Phi) is 5.22. The SMILES string of the molecule is CNc1cc(C(=S)c2ccccc2)c(NC)c(NC)c1NC. The van der Waals surface area contributed by atoms with Crippen molar-refractivity contribution in [3.63, 3.8) is 0 Å². The minimum absolute atomic E-state index is 0.820. The summed E-state index contributed by atoms with van der Waals surface area (Å²) in [7, 11) is 7.63. The summed E-state index contributed by atoms with van der Waals surface area (Å²) >= 11 is 5.72. The predicted octanol–water partition coefficient (Wildman–Crippen LogP) is 3.62. The first kappa shape index (κ1) is 16.1. The maximum Gasteiger partial charge on any atom is 0.0837 e. The van der Waals surface area contributed by atoms with Gasteiger partial charge in [-0.1, -0.05) is 42.5 Å². The minimum atomic E-state index is 0.820. The first-order valence-corrected chi connectivity index (χ1v) is 7.60. The van der Waals surface area contributed by atoms with Gasteiger partial charge < -0.3 is 21.3 Å². The van der Waals surface area contributed by atoms with Gasteiger partial charge in [-0.2, -0.15) is 0 Å². The third-order valence-corrected chi connectivity index (χ3v) is 4.08. The zero-order valence-electron chi connectivity index (χ0n) is 13.4. The lowest BCUT2D eigenvalue weighted by atomic mass is 9.99. The van der Waals surface area contributed by atoms with Crippen molar-refractivity contribution in [2.75, 3.05) is 49.5 Å². The lowest BCUT2D eigenvalue weighted by molar-refractivity contribution is 1.39. The molecule has 0 amide bonds. The normalized spacial score (nSPS) is 10.0. The predicted molar refractivity (Wildman–Crippen MR) is 102 cm³/mol. The Hall–Kier alpha value is -2.27. The third kappa shape index (κ3) is 2.85. The largest absolute Gasteiger partial charge is 0.386 e. The van der Waals surface area contributed by atoms with Gasteiger partial charge in [-0.25, -0.2) is 0 Å². The molecule has 0 aromatic heterocycles. The summed E-state index contributed by atoms with van der Waals surface area (Å²) < 4.78 is 0. The first-order valence-electron chi connectivity index (χ1n) is 7.19. The quantitative estimate of drug-likeness (QED) is 0.485. The van der Waals surface area contributed by atoms with Crippen LogP contribution in [0.4, 0.5) is 22.7 Å². The average Bonchev–Trinajstić information content (AvgIpc) is 2.59. The second kappa shape index (κ2) is 7.13. The van der Waals surface area contributed by atoms with E-state index in [4.69, 9.17) is 12.2 Å². The topological polar surface area (TPSA) is 48.1 Å². The molecule has 0 heterocycles. The van der Waals surface area contributed by atoms with Crippen LogP contribution in [0.1, 0.15) is 11.1 Å². The fraction of sp³-hybridized carbons (Fsp3) is 0.235. The van der Waals surface area contributed by atoms with Crippen LogP contribution in [0.3, 0.4) is 0 Å². The van der Waals surface area contributed by atoms with E-state index in [9.17, 15) is 0 Å². The summed E-state index contributed by atoms with van der Waals surface area (Å²) in [5.74, 6) is 0. The van der Waals surface area contributed by atoms with Crippen LogP contribution in [0, 0.1) is 0 Å². The van der Waals surface area contributed by atoms with Crippen molar-refractivity contribution in [3.05, 3.63) is 47.5 Å². The molecule has 2 aromatic carbocycles.